The molecule has 0 aliphatic carbocycles. The van der Waals surface area contributed by atoms with E-state index in [0.29, 0.717) is 5.92 Å². The lowest BCUT2D eigenvalue weighted by Gasteiger charge is -2.07. The lowest BCUT2D eigenvalue weighted by atomic mass is 10.0. The molecule has 0 atom stereocenters. The number of hydrogen-bond acceptors (Lipinski definition) is 1. The average Bonchev–Trinajstić information content (AvgIpc) is 2.05. The van der Waals surface area contributed by atoms with Gasteiger partial charge in [-0.1, -0.05) is 19.9 Å². The van der Waals surface area contributed by atoms with Crippen LogP contribution in [0.1, 0.15) is 25.3 Å². The van der Waals surface area contributed by atoms with Gasteiger partial charge in [-0.25, -0.2) is 4.39 Å². The molecule has 0 bridgehead atoms. The van der Waals surface area contributed by atoms with Gasteiger partial charge in [-0.15, -0.1) is 11.8 Å². The normalized spacial score (nSPS) is 10.8. The fourth-order valence-corrected chi connectivity index (χ4v) is 1.55. The Kier molecular flexibility index (Phi) is 3.15. The molecule has 0 fully saturated rings. The first-order valence-corrected chi connectivity index (χ1v) is 5.21. The maximum Gasteiger partial charge on any atom is 0.136 e. The summed E-state index contributed by atoms with van der Waals surface area (Å²) < 4.78 is 13.0. The summed E-state index contributed by atoms with van der Waals surface area (Å²) in [5, 5.41) is 0. The van der Waals surface area contributed by atoms with Crippen molar-refractivity contribution in [2.45, 2.75) is 24.7 Å². The number of rotatable bonds is 2. The molecule has 0 amide bonds. The summed E-state index contributed by atoms with van der Waals surface area (Å²) in [5.74, 6) is 0.350. The van der Waals surface area contributed by atoms with Gasteiger partial charge in [0.2, 0.25) is 0 Å². The van der Waals surface area contributed by atoms with Gasteiger partial charge in [0.1, 0.15) is 5.82 Å². The molecule has 0 nitrogen and oxygen atoms in total. The molecule has 0 saturated carbocycles. The lowest BCUT2D eigenvalue weighted by molar-refractivity contribution is 0.600. The number of hydrogen-bond donors (Lipinski definition) is 0. The molecule has 1 rings (SSSR count). The quantitative estimate of drug-likeness (QED) is 0.632. The van der Waals surface area contributed by atoms with Crippen molar-refractivity contribution in [2.24, 2.45) is 0 Å². The van der Waals surface area contributed by atoms with Crippen LogP contribution in [0, 0.1) is 5.82 Å². The summed E-state index contributed by atoms with van der Waals surface area (Å²) in [7, 11) is 0. The predicted molar refractivity (Wildman–Crippen MR) is 52.3 cm³/mol. The Labute approximate surface area is 77.2 Å². The molecule has 12 heavy (non-hydrogen) atoms. The minimum Gasteiger partial charge on any atom is -0.206 e. The van der Waals surface area contributed by atoms with E-state index in [1.165, 1.54) is 17.3 Å². The van der Waals surface area contributed by atoms with E-state index in [1.807, 2.05) is 18.4 Å². The van der Waals surface area contributed by atoms with E-state index < -0.39 is 0 Å². The first kappa shape index (κ1) is 9.59. The molecule has 0 saturated heterocycles. The zero-order valence-corrected chi connectivity index (χ0v) is 8.41. The van der Waals surface area contributed by atoms with E-state index in [-0.39, 0.29) is 5.82 Å². The van der Waals surface area contributed by atoms with E-state index in [9.17, 15) is 4.39 Å². The van der Waals surface area contributed by atoms with E-state index in [0.717, 1.165) is 4.90 Å². The van der Waals surface area contributed by atoms with Crippen LogP contribution in [0.3, 0.4) is 0 Å². The molecule has 0 aliphatic rings. The molecular weight excluding hydrogens is 171 g/mol. The molecule has 0 heterocycles. The van der Waals surface area contributed by atoms with Crippen molar-refractivity contribution in [2.75, 3.05) is 6.26 Å². The summed E-state index contributed by atoms with van der Waals surface area (Å²) in [5.41, 5.74) is 1.20. The molecule has 0 N–H and O–H groups in total. The highest BCUT2D eigenvalue weighted by Gasteiger charge is 2.04. The van der Waals surface area contributed by atoms with Crippen LogP contribution in [0.5, 0.6) is 0 Å². The standard InChI is InChI=1S/C10H13FS/c1-7(2)8-4-5-9(11)10(6-8)12-3/h4-7H,1-3H3. The van der Waals surface area contributed by atoms with Crippen molar-refractivity contribution in [1.82, 2.24) is 0 Å². The van der Waals surface area contributed by atoms with Crippen LogP contribution < -0.4 is 0 Å². The Morgan fingerprint density at radius 2 is 2.00 bits per heavy atom. The molecular formula is C10H13FS. The first-order valence-electron chi connectivity index (χ1n) is 3.98. The van der Waals surface area contributed by atoms with Gasteiger partial charge in [-0.3, -0.25) is 0 Å². The van der Waals surface area contributed by atoms with Gasteiger partial charge in [0, 0.05) is 4.90 Å². The third-order valence-electron chi connectivity index (χ3n) is 1.84. The molecule has 0 radical (unpaired) electrons. The Morgan fingerprint density at radius 1 is 1.33 bits per heavy atom. The van der Waals surface area contributed by atoms with E-state index in [1.54, 1.807) is 6.07 Å². The maximum absolute atomic E-state index is 13.0. The van der Waals surface area contributed by atoms with Crippen LogP contribution in [0.15, 0.2) is 23.1 Å². The second kappa shape index (κ2) is 3.94. The van der Waals surface area contributed by atoms with Gasteiger partial charge in [-0.2, -0.15) is 0 Å². The summed E-state index contributed by atoms with van der Waals surface area (Å²) in [6.07, 6.45) is 1.89. The van der Waals surface area contributed by atoms with Gasteiger partial charge in [0.05, 0.1) is 0 Å². The smallest absolute Gasteiger partial charge is 0.136 e. The molecule has 66 valence electrons. The van der Waals surface area contributed by atoms with Crippen molar-refractivity contribution in [3.63, 3.8) is 0 Å². The number of halogens is 1. The highest BCUT2D eigenvalue weighted by molar-refractivity contribution is 7.98. The van der Waals surface area contributed by atoms with Crippen molar-refractivity contribution < 1.29 is 4.39 Å². The SMILES string of the molecule is CSc1cc(C(C)C)ccc1F. The van der Waals surface area contributed by atoms with Gasteiger partial charge in [0.15, 0.2) is 0 Å². The van der Waals surface area contributed by atoms with Crippen molar-refractivity contribution in [3.8, 4) is 0 Å². The molecule has 0 aliphatic heterocycles. The largest absolute Gasteiger partial charge is 0.206 e. The highest BCUT2D eigenvalue weighted by Crippen LogP contribution is 2.24. The minimum atomic E-state index is -0.119. The van der Waals surface area contributed by atoms with Gasteiger partial charge in [0.25, 0.3) is 0 Å². The third kappa shape index (κ3) is 2.01. The highest BCUT2D eigenvalue weighted by atomic mass is 32.2. The maximum atomic E-state index is 13.0. The van der Waals surface area contributed by atoms with Crippen LogP contribution in [0.25, 0.3) is 0 Å². The summed E-state index contributed by atoms with van der Waals surface area (Å²) in [4.78, 5) is 0.737. The molecule has 0 unspecified atom stereocenters. The zero-order valence-electron chi connectivity index (χ0n) is 7.60. The Morgan fingerprint density at radius 3 is 2.50 bits per heavy atom. The summed E-state index contributed by atoms with van der Waals surface area (Å²) in [6.45, 7) is 4.22. The number of thioether (sulfide) groups is 1. The van der Waals surface area contributed by atoms with E-state index in [2.05, 4.69) is 13.8 Å². The molecule has 0 spiro atoms. The topological polar surface area (TPSA) is 0 Å². The first-order chi connectivity index (χ1) is 5.65. The van der Waals surface area contributed by atoms with Crippen LogP contribution in [0.4, 0.5) is 4.39 Å². The molecule has 2 heteroatoms. The zero-order chi connectivity index (χ0) is 9.14. The van der Waals surface area contributed by atoms with Crippen LogP contribution in [-0.4, -0.2) is 6.26 Å². The van der Waals surface area contributed by atoms with Crippen LogP contribution >= 0.6 is 11.8 Å². The summed E-state index contributed by atoms with van der Waals surface area (Å²) >= 11 is 1.45. The van der Waals surface area contributed by atoms with Gasteiger partial charge in [-0.05, 0) is 29.9 Å². The van der Waals surface area contributed by atoms with Crippen molar-refractivity contribution >= 4 is 11.8 Å². The minimum absolute atomic E-state index is 0.119. The monoisotopic (exact) mass is 184 g/mol. The fourth-order valence-electron chi connectivity index (χ4n) is 1.04. The van der Waals surface area contributed by atoms with Crippen LogP contribution in [0.2, 0.25) is 0 Å². The third-order valence-corrected chi connectivity index (χ3v) is 2.59. The predicted octanol–water partition coefficient (Wildman–Crippen LogP) is 3.67. The number of benzene rings is 1. The van der Waals surface area contributed by atoms with Gasteiger partial charge < -0.3 is 0 Å². The van der Waals surface area contributed by atoms with Crippen molar-refractivity contribution in [1.29, 1.82) is 0 Å². The lowest BCUT2D eigenvalue weighted by Crippen LogP contribution is -1.89. The van der Waals surface area contributed by atoms with Crippen LogP contribution in [-0.2, 0) is 0 Å². The van der Waals surface area contributed by atoms with E-state index in [4.69, 9.17) is 0 Å². The average molecular weight is 184 g/mol. The second-order valence-electron chi connectivity index (χ2n) is 3.05. The molecule has 0 aromatic heterocycles. The molecule has 1 aromatic rings. The van der Waals surface area contributed by atoms with Crippen molar-refractivity contribution in [3.05, 3.63) is 29.6 Å². The Balaban J connectivity index is 3.05. The summed E-state index contributed by atoms with van der Waals surface area (Å²) in [6, 6.07) is 5.31. The molecule has 1 aromatic carbocycles. The Hall–Kier alpha value is -0.500. The second-order valence-corrected chi connectivity index (χ2v) is 3.90. The van der Waals surface area contributed by atoms with Gasteiger partial charge >= 0.3 is 0 Å². The fraction of sp³-hybridized carbons (Fsp3) is 0.400. The van der Waals surface area contributed by atoms with E-state index >= 15 is 0 Å². The Bertz CT molecular complexity index is 269.